The van der Waals surface area contributed by atoms with E-state index in [2.05, 4.69) is 0 Å². The van der Waals surface area contributed by atoms with Gasteiger partial charge in [-0.2, -0.15) is 13.2 Å². The Morgan fingerprint density at radius 3 is 2.20 bits per heavy atom. The van der Waals surface area contributed by atoms with Crippen molar-refractivity contribution in [1.82, 2.24) is 0 Å². The van der Waals surface area contributed by atoms with E-state index in [4.69, 9.17) is 5.73 Å². The van der Waals surface area contributed by atoms with Gasteiger partial charge in [0.05, 0.1) is 10.6 Å². The van der Waals surface area contributed by atoms with E-state index in [-0.39, 0.29) is 0 Å². The van der Waals surface area contributed by atoms with Crippen LogP contribution in [0.2, 0.25) is 0 Å². The minimum absolute atomic E-state index is 0.396. The summed E-state index contributed by atoms with van der Waals surface area (Å²) in [5, 5.41) is 0. The van der Waals surface area contributed by atoms with Crippen molar-refractivity contribution >= 4 is 15.5 Å². The SMILES string of the molecule is Cc1ccc(S(=O)(=O)C(F)(F)F)c(N)c1. The average Bonchev–Trinajstić information content (AvgIpc) is 2.00. The van der Waals surface area contributed by atoms with E-state index < -0.39 is 25.9 Å². The van der Waals surface area contributed by atoms with Gasteiger partial charge in [0.2, 0.25) is 0 Å². The second-order valence-electron chi connectivity index (χ2n) is 2.99. The molecule has 2 N–H and O–H groups in total. The molecule has 0 amide bonds. The summed E-state index contributed by atoms with van der Waals surface area (Å²) in [6, 6.07) is 3.29. The largest absolute Gasteiger partial charge is 0.501 e. The third-order valence-electron chi connectivity index (χ3n) is 1.76. The van der Waals surface area contributed by atoms with Crippen LogP contribution < -0.4 is 5.73 Å². The topological polar surface area (TPSA) is 60.2 Å². The van der Waals surface area contributed by atoms with Crippen LogP contribution in [0.1, 0.15) is 5.56 Å². The van der Waals surface area contributed by atoms with Crippen LogP contribution >= 0.6 is 0 Å². The molecule has 7 heteroatoms. The molecule has 0 heterocycles. The molecule has 15 heavy (non-hydrogen) atoms. The van der Waals surface area contributed by atoms with Crippen molar-refractivity contribution in [3.63, 3.8) is 0 Å². The average molecular weight is 239 g/mol. The highest BCUT2D eigenvalue weighted by Gasteiger charge is 2.47. The van der Waals surface area contributed by atoms with Crippen molar-refractivity contribution in [1.29, 1.82) is 0 Å². The molecule has 0 atom stereocenters. The number of aryl methyl sites for hydroxylation is 1. The van der Waals surface area contributed by atoms with Gasteiger partial charge in [-0.25, -0.2) is 8.42 Å². The van der Waals surface area contributed by atoms with Gasteiger partial charge in [0.15, 0.2) is 0 Å². The van der Waals surface area contributed by atoms with E-state index >= 15 is 0 Å². The van der Waals surface area contributed by atoms with Crippen molar-refractivity contribution in [2.45, 2.75) is 17.3 Å². The van der Waals surface area contributed by atoms with E-state index in [9.17, 15) is 21.6 Å². The van der Waals surface area contributed by atoms with Gasteiger partial charge >= 0.3 is 5.51 Å². The minimum atomic E-state index is -5.35. The van der Waals surface area contributed by atoms with Crippen LogP contribution in [0, 0.1) is 6.92 Å². The van der Waals surface area contributed by atoms with E-state index in [1.165, 1.54) is 12.1 Å². The highest BCUT2D eigenvalue weighted by Crippen LogP contribution is 2.33. The van der Waals surface area contributed by atoms with Crippen LogP contribution in [0.5, 0.6) is 0 Å². The molecule has 0 aliphatic rings. The molecule has 3 nitrogen and oxygen atoms in total. The Morgan fingerprint density at radius 2 is 1.80 bits per heavy atom. The first-order valence-electron chi connectivity index (χ1n) is 3.84. The van der Waals surface area contributed by atoms with Gasteiger partial charge < -0.3 is 5.73 Å². The van der Waals surface area contributed by atoms with Crippen LogP contribution in [0.15, 0.2) is 23.1 Å². The summed E-state index contributed by atoms with van der Waals surface area (Å²) in [6.07, 6.45) is 0. The summed E-state index contributed by atoms with van der Waals surface area (Å²) >= 11 is 0. The van der Waals surface area contributed by atoms with Crippen LogP contribution in [0.4, 0.5) is 18.9 Å². The van der Waals surface area contributed by atoms with E-state index in [0.717, 1.165) is 6.07 Å². The molecule has 0 spiro atoms. The molecule has 0 aliphatic carbocycles. The monoisotopic (exact) mass is 239 g/mol. The van der Waals surface area contributed by atoms with Gasteiger partial charge in [-0.3, -0.25) is 0 Å². The van der Waals surface area contributed by atoms with E-state index in [1.54, 1.807) is 6.92 Å². The number of rotatable bonds is 1. The molecule has 84 valence electrons. The summed E-state index contributed by atoms with van der Waals surface area (Å²) in [7, 11) is -5.35. The first kappa shape index (κ1) is 11.8. The zero-order chi connectivity index (χ0) is 11.9. The lowest BCUT2D eigenvalue weighted by Gasteiger charge is -2.10. The van der Waals surface area contributed by atoms with Gasteiger partial charge in [-0.15, -0.1) is 0 Å². The highest BCUT2D eigenvalue weighted by atomic mass is 32.2. The van der Waals surface area contributed by atoms with Crippen LogP contribution in [0.25, 0.3) is 0 Å². The smallest absolute Gasteiger partial charge is 0.398 e. The maximum absolute atomic E-state index is 12.2. The number of hydrogen-bond acceptors (Lipinski definition) is 3. The lowest BCUT2D eigenvalue weighted by Crippen LogP contribution is -2.24. The van der Waals surface area contributed by atoms with Gasteiger partial charge in [-0.1, -0.05) is 6.07 Å². The summed E-state index contributed by atoms with van der Waals surface area (Å²) in [5.74, 6) is 0. The Morgan fingerprint density at radius 1 is 1.27 bits per heavy atom. The van der Waals surface area contributed by atoms with Crippen molar-refractivity contribution < 1.29 is 21.6 Å². The predicted molar refractivity (Wildman–Crippen MR) is 48.8 cm³/mol. The van der Waals surface area contributed by atoms with Crippen molar-refractivity contribution in [3.05, 3.63) is 23.8 Å². The number of nitrogen functional groups attached to an aromatic ring is 1. The third-order valence-corrected chi connectivity index (χ3v) is 3.32. The molecule has 0 radical (unpaired) electrons. The van der Waals surface area contributed by atoms with E-state index in [0.29, 0.717) is 5.56 Å². The first-order chi connectivity index (χ1) is 6.66. The fourth-order valence-electron chi connectivity index (χ4n) is 1.04. The fraction of sp³-hybridized carbons (Fsp3) is 0.250. The number of halogens is 3. The lowest BCUT2D eigenvalue weighted by atomic mass is 10.2. The van der Waals surface area contributed by atoms with Crippen LogP contribution in [0.3, 0.4) is 0 Å². The molecule has 1 aromatic carbocycles. The summed E-state index contributed by atoms with van der Waals surface area (Å²) in [4.78, 5) is -0.902. The molecule has 0 aromatic heterocycles. The maximum atomic E-state index is 12.2. The normalized spacial score (nSPS) is 12.8. The fourth-order valence-corrected chi connectivity index (χ4v) is 1.90. The number of alkyl halides is 3. The molecule has 0 unspecified atom stereocenters. The Hall–Kier alpha value is -1.24. The molecule has 0 saturated heterocycles. The number of anilines is 1. The van der Waals surface area contributed by atoms with Crippen molar-refractivity contribution in [3.8, 4) is 0 Å². The van der Waals surface area contributed by atoms with Gasteiger partial charge in [-0.05, 0) is 24.6 Å². The van der Waals surface area contributed by atoms with Crippen LogP contribution in [-0.4, -0.2) is 13.9 Å². The molecule has 0 bridgehead atoms. The molecular formula is C8H8F3NO2S. The minimum Gasteiger partial charge on any atom is -0.398 e. The van der Waals surface area contributed by atoms with Gasteiger partial charge in [0, 0.05) is 0 Å². The number of nitrogens with two attached hydrogens (primary N) is 1. The predicted octanol–water partition coefficient (Wildman–Crippen LogP) is 1.87. The number of sulfone groups is 1. The van der Waals surface area contributed by atoms with Gasteiger partial charge in [0.25, 0.3) is 9.84 Å². The molecular weight excluding hydrogens is 231 g/mol. The summed E-state index contributed by atoms with van der Waals surface area (Å²) in [5.41, 5.74) is 0.0973. The zero-order valence-corrected chi connectivity index (χ0v) is 8.48. The second-order valence-corrected chi connectivity index (χ2v) is 4.90. The summed E-state index contributed by atoms with van der Waals surface area (Å²) < 4.78 is 58.4. The Labute approximate surface area is 84.6 Å². The third kappa shape index (κ3) is 2.06. The number of hydrogen-bond donors (Lipinski definition) is 1. The summed E-state index contributed by atoms with van der Waals surface area (Å²) in [6.45, 7) is 1.60. The van der Waals surface area contributed by atoms with E-state index in [1.807, 2.05) is 0 Å². The lowest BCUT2D eigenvalue weighted by molar-refractivity contribution is -0.0435. The highest BCUT2D eigenvalue weighted by molar-refractivity contribution is 7.92. The first-order valence-corrected chi connectivity index (χ1v) is 5.32. The Balaban J connectivity index is 3.42. The standard InChI is InChI=1S/C8H8F3NO2S/c1-5-2-3-7(6(12)4-5)15(13,14)8(9,10)11/h2-4H,12H2,1H3. The van der Waals surface area contributed by atoms with Crippen molar-refractivity contribution in [2.24, 2.45) is 0 Å². The molecule has 1 rings (SSSR count). The zero-order valence-electron chi connectivity index (χ0n) is 7.67. The number of benzene rings is 1. The van der Waals surface area contributed by atoms with Crippen LogP contribution in [-0.2, 0) is 9.84 Å². The Bertz CT molecular complexity index is 479. The second kappa shape index (κ2) is 3.41. The van der Waals surface area contributed by atoms with Gasteiger partial charge in [0.1, 0.15) is 0 Å². The molecule has 0 aliphatic heterocycles. The molecule has 0 saturated carbocycles. The van der Waals surface area contributed by atoms with Crippen molar-refractivity contribution in [2.75, 3.05) is 5.73 Å². The quantitative estimate of drug-likeness (QED) is 0.761. The maximum Gasteiger partial charge on any atom is 0.501 e. The Kier molecular flexibility index (Phi) is 2.69. The molecule has 0 fully saturated rings. The molecule has 1 aromatic rings.